The molecule has 0 radical (unpaired) electrons. The average Bonchev–Trinajstić information content (AvgIpc) is 1.98. The van der Waals surface area contributed by atoms with E-state index in [1.165, 1.54) is 18.2 Å². The van der Waals surface area contributed by atoms with Crippen molar-refractivity contribution in [2.24, 2.45) is 0 Å². The molecule has 0 aliphatic carbocycles. The van der Waals surface area contributed by atoms with Crippen LogP contribution in [0.25, 0.3) is 0 Å². The number of aromatic hydroxyl groups is 1. The molecule has 0 saturated heterocycles. The van der Waals surface area contributed by atoms with Crippen molar-refractivity contribution in [3.63, 3.8) is 0 Å². The van der Waals surface area contributed by atoms with Gasteiger partial charge in [-0.1, -0.05) is 0 Å². The maximum Gasteiger partial charge on any atom is 0.165 e. The largest absolute Gasteiger partial charge is 0.505 e. The van der Waals surface area contributed by atoms with Gasteiger partial charge < -0.3 is 9.84 Å². The standard InChI is InChI=1S/C8H9FO2/c1-2-11-6-3-4-7(9)8(10)5-6/h3-5,10H,2H2,1H3. The summed E-state index contributed by atoms with van der Waals surface area (Å²) in [5.41, 5.74) is 0. The van der Waals surface area contributed by atoms with Crippen molar-refractivity contribution in [2.75, 3.05) is 6.61 Å². The van der Waals surface area contributed by atoms with Gasteiger partial charge in [0.15, 0.2) is 11.6 Å². The summed E-state index contributed by atoms with van der Waals surface area (Å²) in [7, 11) is 0. The molecule has 0 spiro atoms. The molecule has 0 aromatic heterocycles. The van der Waals surface area contributed by atoms with Gasteiger partial charge in [0.05, 0.1) is 6.61 Å². The molecule has 0 aliphatic heterocycles. The number of halogens is 1. The molecule has 0 aliphatic rings. The molecule has 1 aromatic carbocycles. The van der Waals surface area contributed by atoms with E-state index in [4.69, 9.17) is 9.84 Å². The summed E-state index contributed by atoms with van der Waals surface area (Å²) in [4.78, 5) is 0. The van der Waals surface area contributed by atoms with Crippen LogP contribution in [-0.2, 0) is 0 Å². The molecule has 0 fully saturated rings. The van der Waals surface area contributed by atoms with E-state index in [0.29, 0.717) is 12.4 Å². The molecule has 3 heteroatoms. The van der Waals surface area contributed by atoms with Crippen LogP contribution in [0.1, 0.15) is 6.92 Å². The fraction of sp³-hybridized carbons (Fsp3) is 0.250. The summed E-state index contributed by atoms with van der Waals surface area (Å²) in [6.07, 6.45) is 0. The first-order valence-electron chi connectivity index (χ1n) is 3.35. The van der Waals surface area contributed by atoms with E-state index in [-0.39, 0.29) is 5.75 Å². The zero-order valence-electron chi connectivity index (χ0n) is 6.17. The van der Waals surface area contributed by atoms with E-state index in [0.717, 1.165) is 0 Å². The Kier molecular flexibility index (Phi) is 2.31. The number of hydrogen-bond donors (Lipinski definition) is 1. The molecule has 1 rings (SSSR count). The fourth-order valence-corrected chi connectivity index (χ4v) is 0.749. The van der Waals surface area contributed by atoms with Crippen LogP contribution in [-0.4, -0.2) is 11.7 Å². The summed E-state index contributed by atoms with van der Waals surface area (Å²) < 4.78 is 17.4. The Balaban J connectivity index is 2.86. The SMILES string of the molecule is CCOc1ccc(F)c(O)c1. The van der Waals surface area contributed by atoms with Gasteiger partial charge in [0.1, 0.15) is 5.75 Å². The van der Waals surface area contributed by atoms with E-state index in [9.17, 15) is 4.39 Å². The third-order valence-electron chi connectivity index (χ3n) is 1.23. The number of ether oxygens (including phenoxy) is 1. The lowest BCUT2D eigenvalue weighted by atomic mass is 10.3. The molecule has 1 aromatic rings. The van der Waals surface area contributed by atoms with Crippen LogP contribution in [0.3, 0.4) is 0 Å². The Bertz CT molecular complexity index is 248. The molecule has 60 valence electrons. The molecular weight excluding hydrogens is 147 g/mol. The summed E-state index contributed by atoms with van der Waals surface area (Å²) >= 11 is 0. The van der Waals surface area contributed by atoms with Crippen molar-refractivity contribution in [3.8, 4) is 11.5 Å². The van der Waals surface area contributed by atoms with Crippen molar-refractivity contribution in [3.05, 3.63) is 24.0 Å². The Hall–Kier alpha value is -1.25. The van der Waals surface area contributed by atoms with Crippen LogP contribution in [0.4, 0.5) is 4.39 Å². The van der Waals surface area contributed by atoms with Gasteiger partial charge in [-0.15, -0.1) is 0 Å². The number of phenols is 1. The molecule has 2 nitrogen and oxygen atoms in total. The molecule has 1 N–H and O–H groups in total. The highest BCUT2D eigenvalue weighted by Crippen LogP contribution is 2.21. The lowest BCUT2D eigenvalue weighted by molar-refractivity contribution is 0.335. The second kappa shape index (κ2) is 3.23. The highest BCUT2D eigenvalue weighted by atomic mass is 19.1. The Morgan fingerprint density at radius 1 is 1.55 bits per heavy atom. The minimum Gasteiger partial charge on any atom is -0.505 e. The summed E-state index contributed by atoms with van der Waals surface area (Å²) in [5, 5.41) is 8.87. The van der Waals surface area contributed by atoms with Gasteiger partial charge in [0.2, 0.25) is 0 Å². The summed E-state index contributed by atoms with van der Waals surface area (Å²) in [5.74, 6) is -0.532. The van der Waals surface area contributed by atoms with E-state index in [2.05, 4.69) is 0 Å². The molecular formula is C8H9FO2. The molecule has 0 atom stereocenters. The minimum atomic E-state index is -0.631. The number of phenolic OH excluding ortho intramolecular Hbond substituents is 1. The third kappa shape index (κ3) is 1.83. The number of benzene rings is 1. The monoisotopic (exact) mass is 156 g/mol. The average molecular weight is 156 g/mol. The van der Waals surface area contributed by atoms with Crippen molar-refractivity contribution in [2.45, 2.75) is 6.92 Å². The minimum absolute atomic E-state index is 0.379. The van der Waals surface area contributed by atoms with Crippen LogP contribution >= 0.6 is 0 Å². The van der Waals surface area contributed by atoms with Crippen LogP contribution in [0.15, 0.2) is 18.2 Å². The normalized spacial score (nSPS) is 9.64. The van der Waals surface area contributed by atoms with Gasteiger partial charge in [0, 0.05) is 6.07 Å². The summed E-state index contributed by atoms with van der Waals surface area (Å²) in [6.45, 7) is 2.32. The number of hydrogen-bond acceptors (Lipinski definition) is 2. The topological polar surface area (TPSA) is 29.5 Å². The van der Waals surface area contributed by atoms with Crippen LogP contribution in [0, 0.1) is 5.82 Å². The second-order valence-corrected chi connectivity index (χ2v) is 2.05. The fourth-order valence-electron chi connectivity index (χ4n) is 0.749. The summed E-state index contributed by atoms with van der Waals surface area (Å²) in [6, 6.07) is 3.89. The lowest BCUT2D eigenvalue weighted by Crippen LogP contribution is -1.90. The molecule has 0 heterocycles. The van der Waals surface area contributed by atoms with E-state index in [1.807, 2.05) is 6.92 Å². The Morgan fingerprint density at radius 3 is 2.82 bits per heavy atom. The van der Waals surface area contributed by atoms with E-state index in [1.54, 1.807) is 0 Å². The van der Waals surface area contributed by atoms with Crippen LogP contribution in [0.5, 0.6) is 11.5 Å². The molecule has 0 saturated carbocycles. The van der Waals surface area contributed by atoms with E-state index >= 15 is 0 Å². The molecule has 0 bridgehead atoms. The maximum absolute atomic E-state index is 12.4. The molecule has 0 amide bonds. The first-order valence-corrected chi connectivity index (χ1v) is 3.35. The highest BCUT2D eigenvalue weighted by molar-refractivity contribution is 5.33. The van der Waals surface area contributed by atoms with Crippen LogP contribution < -0.4 is 4.74 Å². The first-order chi connectivity index (χ1) is 5.24. The van der Waals surface area contributed by atoms with Crippen LogP contribution in [0.2, 0.25) is 0 Å². The maximum atomic E-state index is 12.4. The van der Waals surface area contributed by atoms with Gasteiger partial charge in [-0.3, -0.25) is 0 Å². The van der Waals surface area contributed by atoms with Gasteiger partial charge >= 0.3 is 0 Å². The first kappa shape index (κ1) is 7.85. The second-order valence-electron chi connectivity index (χ2n) is 2.05. The highest BCUT2D eigenvalue weighted by Gasteiger charge is 2.00. The molecule has 0 unspecified atom stereocenters. The zero-order valence-corrected chi connectivity index (χ0v) is 6.17. The lowest BCUT2D eigenvalue weighted by Gasteiger charge is -2.02. The smallest absolute Gasteiger partial charge is 0.165 e. The number of rotatable bonds is 2. The van der Waals surface area contributed by atoms with Gasteiger partial charge in [-0.05, 0) is 19.1 Å². The van der Waals surface area contributed by atoms with Crippen molar-refractivity contribution >= 4 is 0 Å². The van der Waals surface area contributed by atoms with E-state index < -0.39 is 5.82 Å². The zero-order chi connectivity index (χ0) is 8.27. The van der Waals surface area contributed by atoms with Gasteiger partial charge in [0.25, 0.3) is 0 Å². The van der Waals surface area contributed by atoms with Gasteiger partial charge in [-0.2, -0.15) is 0 Å². The van der Waals surface area contributed by atoms with Crippen molar-refractivity contribution in [1.82, 2.24) is 0 Å². The predicted molar refractivity (Wildman–Crippen MR) is 39.2 cm³/mol. The quantitative estimate of drug-likeness (QED) is 0.708. The van der Waals surface area contributed by atoms with Gasteiger partial charge in [-0.25, -0.2) is 4.39 Å². The Labute approximate surface area is 64.2 Å². The third-order valence-corrected chi connectivity index (χ3v) is 1.23. The predicted octanol–water partition coefficient (Wildman–Crippen LogP) is 1.93. The van der Waals surface area contributed by atoms with Crippen molar-refractivity contribution < 1.29 is 14.2 Å². The molecule has 11 heavy (non-hydrogen) atoms. The Morgan fingerprint density at radius 2 is 2.27 bits per heavy atom. The van der Waals surface area contributed by atoms with Crippen molar-refractivity contribution in [1.29, 1.82) is 0 Å².